The van der Waals surface area contributed by atoms with E-state index >= 15 is 0 Å². The molecule has 34 heavy (non-hydrogen) atoms. The molecule has 0 aliphatic rings. The van der Waals surface area contributed by atoms with E-state index in [1.807, 2.05) is 0 Å². The van der Waals surface area contributed by atoms with Crippen molar-refractivity contribution in [1.82, 2.24) is 0 Å². The van der Waals surface area contributed by atoms with Crippen LogP contribution in [-0.4, -0.2) is 11.1 Å². The maximum absolute atomic E-state index is 10.4. The molecule has 0 saturated carbocycles. The van der Waals surface area contributed by atoms with Crippen molar-refractivity contribution in [3.8, 4) is 0 Å². The molecule has 0 aliphatic carbocycles. The van der Waals surface area contributed by atoms with Gasteiger partial charge >= 0.3 is 5.97 Å². The zero-order chi connectivity index (χ0) is 24.1. The maximum Gasteiger partial charge on any atom is 0.303 e. The molecule has 0 aromatic heterocycles. The molecule has 3 heteroatoms. The van der Waals surface area contributed by atoms with Crippen LogP contribution in [0.1, 0.15) is 193 Å². The van der Waals surface area contributed by atoms with Crippen LogP contribution in [0.5, 0.6) is 0 Å². The summed E-state index contributed by atoms with van der Waals surface area (Å²) in [6.07, 6.45) is 39.5. The fourth-order valence-electron chi connectivity index (χ4n) is 4.95. The van der Waals surface area contributed by atoms with Crippen LogP contribution in [0.2, 0.25) is 0 Å². The van der Waals surface area contributed by atoms with Crippen molar-refractivity contribution in [2.24, 2.45) is 0 Å². The molecule has 0 unspecified atom stereocenters. The Balaban J connectivity index is 0. The highest BCUT2D eigenvalue weighted by molar-refractivity contribution is 5.85. The van der Waals surface area contributed by atoms with Crippen molar-refractivity contribution in [1.29, 1.82) is 0 Å². The van der Waals surface area contributed by atoms with Crippen LogP contribution in [0.25, 0.3) is 0 Å². The molecule has 2 nitrogen and oxygen atoms in total. The van der Waals surface area contributed by atoms with Crippen LogP contribution < -0.4 is 0 Å². The van der Waals surface area contributed by atoms with Gasteiger partial charge in [-0.2, -0.15) is 0 Å². The van der Waals surface area contributed by atoms with Crippen molar-refractivity contribution in [3.63, 3.8) is 0 Å². The Hall–Kier alpha value is -0.240. The Morgan fingerprint density at radius 1 is 0.382 bits per heavy atom. The Morgan fingerprint density at radius 2 is 0.559 bits per heavy atom. The molecular formula is C31H63ClO2. The van der Waals surface area contributed by atoms with Crippen LogP contribution in [0, 0.1) is 0 Å². The predicted molar refractivity (Wildman–Crippen MR) is 154 cm³/mol. The fraction of sp³-hybridized carbons (Fsp3) is 0.968. The summed E-state index contributed by atoms with van der Waals surface area (Å²) in [6.45, 7) is 2.30. The van der Waals surface area contributed by atoms with Crippen LogP contribution >= 0.6 is 12.4 Å². The van der Waals surface area contributed by atoms with Crippen molar-refractivity contribution >= 4 is 18.4 Å². The number of carbonyl (C=O) groups is 1. The first-order valence-corrected chi connectivity index (χ1v) is 15.5. The minimum Gasteiger partial charge on any atom is -0.481 e. The van der Waals surface area contributed by atoms with Gasteiger partial charge in [0.1, 0.15) is 0 Å². The summed E-state index contributed by atoms with van der Waals surface area (Å²) in [5.74, 6) is -0.648. The molecule has 0 bridgehead atoms. The lowest BCUT2D eigenvalue weighted by molar-refractivity contribution is -0.137. The fourth-order valence-corrected chi connectivity index (χ4v) is 4.95. The summed E-state index contributed by atoms with van der Waals surface area (Å²) >= 11 is 0. The molecule has 0 rings (SSSR count). The summed E-state index contributed by atoms with van der Waals surface area (Å²) < 4.78 is 0. The van der Waals surface area contributed by atoms with Crippen molar-refractivity contribution in [3.05, 3.63) is 0 Å². The number of carboxylic acids is 1. The number of unbranched alkanes of at least 4 members (excludes halogenated alkanes) is 27. The van der Waals surface area contributed by atoms with Gasteiger partial charge in [0.25, 0.3) is 0 Å². The van der Waals surface area contributed by atoms with Crippen molar-refractivity contribution in [2.75, 3.05) is 0 Å². The zero-order valence-electron chi connectivity index (χ0n) is 23.3. The first kappa shape index (κ1) is 35.9. The van der Waals surface area contributed by atoms with Gasteiger partial charge in [0.2, 0.25) is 0 Å². The van der Waals surface area contributed by atoms with E-state index in [0.717, 1.165) is 12.8 Å². The van der Waals surface area contributed by atoms with E-state index in [1.54, 1.807) is 0 Å². The van der Waals surface area contributed by atoms with E-state index in [2.05, 4.69) is 6.92 Å². The normalized spacial score (nSPS) is 11.0. The number of rotatable bonds is 29. The van der Waals surface area contributed by atoms with Crippen LogP contribution in [-0.2, 0) is 4.79 Å². The van der Waals surface area contributed by atoms with E-state index < -0.39 is 5.97 Å². The van der Waals surface area contributed by atoms with Crippen LogP contribution in [0.4, 0.5) is 0 Å². The lowest BCUT2D eigenvalue weighted by Gasteiger charge is -2.04. The predicted octanol–water partition coefficient (Wildman–Crippen LogP) is 11.8. The average molecular weight is 503 g/mol. The SMILES string of the molecule is CCCCCCCCCCCCCCCCCCCCCCCCCCCCCCC(=O)O.Cl. The van der Waals surface area contributed by atoms with Gasteiger partial charge in [0.15, 0.2) is 0 Å². The van der Waals surface area contributed by atoms with Crippen LogP contribution in [0.15, 0.2) is 0 Å². The topological polar surface area (TPSA) is 37.3 Å². The Kier molecular flexibility index (Phi) is 34.6. The second-order valence-corrected chi connectivity index (χ2v) is 10.7. The molecule has 0 aromatic rings. The lowest BCUT2D eigenvalue weighted by Crippen LogP contribution is -1.93. The third-order valence-corrected chi connectivity index (χ3v) is 7.24. The average Bonchev–Trinajstić information content (AvgIpc) is 2.80. The Labute approximate surface area is 221 Å². The van der Waals surface area contributed by atoms with Gasteiger partial charge in [-0.15, -0.1) is 12.4 Å². The lowest BCUT2D eigenvalue weighted by atomic mass is 10.0. The van der Waals surface area contributed by atoms with Gasteiger partial charge in [-0.1, -0.05) is 180 Å². The molecule has 0 aromatic carbocycles. The highest BCUT2D eigenvalue weighted by Crippen LogP contribution is 2.16. The molecule has 0 amide bonds. The highest BCUT2D eigenvalue weighted by Gasteiger charge is 1.98. The van der Waals surface area contributed by atoms with E-state index in [1.165, 1.54) is 167 Å². The Morgan fingerprint density at radius 3 is 0.735 bits per heavy atom. The summed E-state index contributed by atoms with van der Waals surface area (Å²) in [7, 11) is 0. The standard InChI is InChI=1S/C31H62O2.ClH/c1-2-3-4-5-6-7-8-9-10-11-12-13-14-15-16-17-18-19-20-21-22-23-24-25-26-27-28-29-30-31(32)33;/h2-30H2,1H3,(H,32,33);1H. The number of hydrogen-bond donors (Lipinski definition) is 1. The van der Waals surface area contributed by atoms with E-state index in [0.29, 0.717) is 6.42 Å². The summed E-state index contributed by atoms with van der Waals surface area (Å²) in [5, 5.41) is 8.61. The second-order valence-electron chi connectivity index (χ2n) is 10.7. The second kappa shape index (κ2) is 32.8. The molecule has 1 N–H and O–H groups in total. The molecule has 206 valence electrons. The molecule has 0 radical (unpaired) electrons. The molecular weight excluding hydrogens is 440 g/mol. The molecule has 0 saturated heterocycles. The monoisotopic (exact) mass is 502 g/mol. The number of hydrogen-bond acceptors (Lipinski definition) is 1. The van der Waals surface area contributed by atoms with Gasteiger partial charge in [-0.25, -0.2) is 0 Å². The van der Waals surface area contributed by atoms with Crippen molar-refractivity contribution in [2.45, 2.75) is 193 Å². The summed E-state index contributed by atoms with van der Waals surface area (Å²) in [4.78, 5) is 10.4. The van der Waals surface area contributed by atoms with Gasteiger partial charge in [0, 0.05) is 6.42 Å². The Bertz CT molecular complexity index is 372. The first-order valence-electron chi connectivity index (χ1n) is 15.5. The molecule has 0 atom stereocenters. The number of halogens is 1. The minimum absolute atomic E-state index is 0. The third kappa shape index (κ3) is 33.9. The zero-order valence-corrected chi connectivity index (χ0v) is 24.1. The minimum atomic E-state index is -0.648. The van der Waals surface area contributed by atoms with E-state index in [-0.39, 0.29) is 12.4 Å². The van der Waals surface area contributed by atoms with E-state index in [4.69, 9.17) is 5.11 Å². The third-order valence-electron chi connectivity index (χ3n) is 7.24. The van der Waals surface area contributed by atoms with Gasteiger partial charge in [-0.05, 0) is 6.42 Å². The smallest absolute Gasteiger partial charge is 0.303 e. The van der Waals surface area contributed by atoms with Gasteiger partial charge < -0.3 is 5.11 Å². The quantitative estimate of drug-likeness (QED) is 0.103. The largest absolute Gasteiger partial charge is 0.481 e. The molecule has 0 spiro atoms. The molecule has 0 aliphatic heterocycles. The first-order chi connectivity index (χ1) is 16.3. The number of aliphatic carboxylic acids is 1. The maximum atomic E-state index is 10.4. The molecule has 0 fully saturated rings. The highest BCUT2D eigenvalue weighted by atomic mass is 35.5. The summed E-state index contributed by atoms with van der Waals surface area (Å²) in [6, 6.07) is 0. The molecule has 0 heterocycles. The van der Waals surface area contributed by atoms with Gasteiger partial charge in [0.05, 0.1) is 0 Å². The number of carboxylic acid groups (broad SMARTS) is 1. The van der Waals surface area contributed by atoms with Crippen molar-refractivity contribution < 1.29 is 9.90 Å². The van der Waals surface area contributed by atoms with Crippen LogP contribution in [0.3, 0.4) is 0 Å². The van der Waals surface area contributed by atoms with E-state index in [9.17, 15) is 4.79 Å². The van der Waals surface area contributed by atoms with Gasteiger partial charge in [-0.3, -0.25) is 4.79 Å². The summed E-state index contributed by atoms with van der Waals surface area (Å²) in [5.41, 5.74) is 0.